The SMILES string of the molecule is CC.CC1c2ccccc2CCc2[nH]cnc21. The molecule has 2 heteroatoms. The molecule has 0 saturated heterocycles. The number of nitrogens with zero attached hydrogens (tertiary/aromatic N) is 1. The number of benzene rings is 1. The zero-order chi connectivity index (χ0) is 12.3. The van der Waals surface area contributed by atoms with Crippen LogP contribution in [0.3, 0.4) is 0 Å². The Balaban J connectivity index is 0.000000514. The van der Waals surface area contributed by atoms with E-state index in [1.54, 1.807) is 0 Å². The van der Waals surface area contributed by atoms with E-state index in [4.69, 9.17) is 0 Å². The lowest BCUT2D eigenvalue weighted by Gasteiger charge is -2.11. The van der Waals surface area contributed by atoms with Gasteiger partial charge in [0.1, 0.15) is 0 Å². The molecule has 3 rings (SSSR count). The Bertz CT molecular complexity index is 485. The molecule has 0 amide bonds. The number of hydrogen-bond acceptors (Lipinski definition) is 1. The molecule has 1 N–H and O–H groups in total. The summed E-state index contributed by atoms with van der Waals surface area (Å²) in [4.78, 5) is 7.69. The molecule has 0 saturated carbocycles. The van der Waals surface area contributed by atoms with Crippen molar-refractivity contribution in [2.45, 2.75) is 39.5 Å². The van der Waals surface area contributed by atoms with Gasteiger partial charge in [-0.15, -0.1) is 0 Å². The molecular weight excluding hydrogens is 208 g/mol. The van der Waals surface area contributed by atoms with Crippen LogP contribution in [0.15, 0.2) is 30.6 Å². The van der Waals surface area contributed by atoms with E-state index < -0.39 is 0 Å². The van der Waals surface area contributed by atoms with Crippen molar-refractivity contribution in [3.05, 3.63) is 53.1 Å². The van der Waals surface area contributed by atoms with Gasteiger partial charge in [-0.3, -0.25) is 0 Å². The van der Waals surface area contributed by atoms with E-state index in [9.17, 15) is 0 Å². The predicted octanol–water partition coefficient (Wildman–Crippen LogP) is 3.69. The Morgan fingerprint density at radius 3 is 2.76 bits per heavy atom. The Morgan fingerprint density at radius 1 is 1.18 bits per heavy atom. The number of rotatable bonds is 0. The third-order valence-corrected chi connectivity index (χ3v) is 3.33. The molecule has 1 aromatic heterocycles. The van der Waals surface area contributed by atoms with E-state index >= 15 is 0 Å². The second kappa shape index (κ2) is 5.17. The van der Waals surface area contributed by atoms with Crippen LogP contribution in [0.4, 0.5) is 0 Å². The van der Waals surface area contributed by atoms with Crippen LogP contribution in [0, 0.1) is 0 Å². The topological polar surface area (TPSA) is 28.7 Å². The minimum Gasteiger partial charge on any atom is -0.348 e. The van der Waals surface area contributed by atoms with E-state index in [0.717, 1.165) is 12.8 Å². The Morgan fingerprint density at radius 2 is 1.94 bits per heavy atom. The largest absolute Gasteiger partial charge is 0.348 e. The van der Waals surface area contributed by atoms with E-state index in [1.807, 2.05) is 20.2 Å². The fraction of sp³-hybridized carbons (Fsp3) is 0.400. The van der Waals surface area contributed by atoms with Gasteiger partial charge in [0.2, 0.25) is 0 Å². The van der Waals surface area contributed by atoms with Crippen LogP contribution >= 0.6 is 0 Å². The summed E-state index contributed by atoms with van der Waals surface area (Å²) < 4.78 is 0. The summed E-state index contributed by atoms with van der Waals surface area (Å²) in [5, 5.41) is 0. The van der Waals surface area contributed by atoms with Gasteiger partial charge in [-0.1, -0.05) is 45.0 Å². The molecule has 1 aromatic carbocycles. The smallest absolute Gasteiger partial charge is 0.0925 e. The standard InChI is InChI=1S/C13H14N2.C2H6/c1-9-11-5-3-2-4-10(11)6-7-12-13(9)15-8-14-12;1-2/h2-5,8-9H,6-7H2,1H3,(H,14,15);1-2H3. The second-order valence-electron chi connectivity index (χ2n) is 4.19. The fourth-order valence-corrected chi connectivity index (χ4v) is 2.50. The third kappa shape index (κ3) is 2.12. The van der Waals surface area contributed by atoms with Crippen molar-refractivity contribution in [2.24, 2.45) is 0 Å². The summed E-state index contributed by atoms with van der Waals surface area (Å²) in [6.07, 6.45) is 4.02. The van der Waals surface area contributed by atoms with Crippen LogP contribution in [0.25, 0.3) is 0 Å². The van der Waals surface area contributed by atoms with Gasteiger partial charge in [0.25, 0.3) is 0 Å². The molecule has 0 radical (unpaired) electrons. The number of hydrogen-bond donors (Lipinski definition) is 1. The van der Waals surface area contributed by atoms with Gasteiger partial charge < -0.3 is 4.98 Å². The predicted molar refractivity (Wildman–Crippen MR) is 71.3 cm³/mol. The van der Waals surface area contributed by atoms with E-state index in [0.29, 0.717) is 5.92 Å². The molecule has 0 spiro atoms. The summed E-state index contributed by atoms with van der Waals surface area (Å²) in [6.45, 7) is 6.24. The average Bonchev–Trinajstić information content (AvgIpc) is 2.82. The molecule has 17 heavy (non-hydrogen) atoms. The zero-order valence-corrected chi connectivity index (χ0v) is 10.8. The van der Waals surface area contributed by atoms with Crippen molar-refractivity contribution in [1.82, 2.24) is 9.97 Å². The molecule has 2 nitrogen and oxygen atoms in total. The van der Waals surface area contributed by atoms with Gasteiger partial charge in [0.05, 0.1) is 12.0 Å². The molecule has 1 heterocycles. The number of H-pyrrole nitrogens is 1. The molecule has 2 aromatic rings. The van der Waals surface area contributed by atoms with Crippen molar-refractivity contribution < 1.29 is 0 Å². The summed E-state index contributed by atoms with van der Waals surface area (Å²) in [5.41, 5.74) is 5.43. The maximum atomic E-state index is 4.44. The summed E-state index contributed by atoms with van der Waals surface area (Å²) in [6, 6.07) is 8.70. The molecule has 1 aliphatic rings. The van der Waals surface area contributed by atoms with Crippen molar-refractivity contribution in [2.75, 3.05) is 0 Å². The molecule has 1 atom stereocenters. The van der Waals surface area contributed by atoms with Gasteiger partial charge in [-0.2, -0.15) is 0 Å². The lowest BCUT2D eigenvalue weighted by molar-refractivity contribution is 0.874. The Hall–Kier alpha value is -1.57. The quantitative estimate of drug-likeness (QED) is 0.732. The van der Waals surface area contributed by atoms with Crippen LogP contribution in [0.5, 0.6) is 0 Å². The van der Waals surface area contributed by atoms with Crippen molar-refractivity contribution in [3.8, 4) is 0 Å². The second-order valence-corrected chi connectivity index (χ2v) is 4.19. The first-order valence-electron chi connectivity index (χ1n) is 6.46. The summed E-state index contributed by atoms with van der Waals surface area (Å²) in [7, 11) is 0. The number of aromatic amines is 1. The highest BCUT2D eigenvalue weighted by atomic mass is 14.9. The van der Waals surface area contributed by atoms with E-state index in [2.05, 4.69) is 41.2 Å². The summed E-state index contributed by atoms with van der Waals surface area (Å²) >= 11 is 0. The molecule has 0 bridgehead atoms. The van der Waals surface area contributed by atoms with Gasteiger partial charge in [0, 0.05) is 11.6 Å². The highest BCUT2D eigenvalue weighted by molar-refractivity contribution is 5.39. The number of fused-ring (bicyclic) bond motifs is 2. The minimum atomic E-state index is 0.421. The lowest BCUT2D eigenvalue weighted by atomic mass is 9.94. The highest BCUT2D eigenvalue weighted by Gasteiger charge is 2.21. The van der Waals surface area contributed by atoms with Crippen molar-refractivity contribution in [1.29, 1.82) is 0 Å². The molecule has 0 aliphatic heterocycles. The number of aromatic nitrogens is 2. The van der Waals surface area contributed by atoms with E-state index in [1.165, 1.54) is 22.5 Å². The van der Waals surface area contributed by atoms with Crippen molar-refractivity contribution >= 4 is 0 Å². The minimum absolute atomic E-state index is 0.421. The van der Waals surface area contributed by atoms with Gasteiger partial charge in [0.15, 0.2) is 0 Å². The molecule has 90 valence electrons. The van der Waals surface area contributed by atoms with Crippen LogP contribution in [-0.2, 0) is 12.8 Å². The van der Waals surface area contributed by atoms with Crippen LogP contribution in [-0.4, -0.2) is 9.97 Å². The van der Waals surface area contributed by atoms with Crippen molar-refractivity contribution in [3.63, 3.8) is 0 Å². The maximum Gasteiger partial charge on any atom is 0.0925 e. The Kier molecular flexibility index (Phi) is 3.62. The Labute approximate surface area is 103 Å². The zero-order valence-electron chi connectivity index (χ0n) is 10.8. The van der Waals surface area contributed by atoms with Gasteiger partial charge >= 0.3 is 0 Å². The van der Waals surface area contributed by atoms with Gasteiger partial charge in [-0.05, 0) is 24.0 Å². The lowest BCUT2D eigenvalue weighted by Crippen LogP contribution is -1.98. The third-order valence-electron chi connectivity index (χ3n) is 3.33. The first-order valence-corrected chi connectivity index (χ1v) is 6.46. The number of aryl methyl sites for hydroxylation is 2. The fourth-order valence-electron chi connectivity index (χ4n) is 2.50. The summed E-state index contributed by atoms with van der Waals surface area (Å²) in [5.74, 6) is 0.421. The molecular formula is C15H20N2. The first-order chi connectivity index (χ1) is 8.36. The maximum absolute atomic E-state index is 4.44. The molecule has 1 aliphatic carbocycles. The first kappa shape index (κ1) is 11.9. The van der Waals surface area contributed by atoms with Crippen LogP contribution in [0.1, 0.15) is 49.2 Å². The van der Waals surface area contributed by atoms with E-state index in [-0.39, 0.29) is 0 Å². The number of imidazole rings is 1. The average molecular weight is 228 g/mol. The number of nitrogens with one attached hydrogen (secondary N) is 1. The molecule has 1 unspecified atom stereocenters. The normalized spacial score (nSPS) is 17.2. The van der Waals surface area contributed by atoms with Crippen LogP contribution in [0.2, 0.25) is 0 Å². The monoisotopic (exact) mass is 228 g/mol. The molecule has 0 fully saturated rings. The highest BCUT2D eigenvalue weighted by Crippen LogP contribution is 2.31. The van der Waals surface area contributed by atoms with Crippen LogP contribution < -0.4 is 0 Å². The van der Waals surface area contributed by atoms with Gasteiger partial charge in [-0.25, -0.2) is 4.98 Å².